The molecule has 2 amide bonds. The van der Waals surface area contributed by atoms with Crippen LogP contribution in [0, 0.1) is 0 Å². The largest absolute Gasteiger partial charge is 0.496 e. The summed E-state index contributed by atoms with van der Waals surface area (Å²) in [6.45, 7) is 0.308. The summed E-state index contributed by atoms with van der Waals surface area (Å²) >= 11 is 1.34. The van der Waals surface area contributed by atoms with Gasteiger partial charge in [0.15, 0.2) is 0 Å². The molecule has 0 aliphatic heterocycles. The molecule has 158 valence electrons. The Morgan fingerprint density at radius 3 is 2.65 bits per heavy atom. The van der Waals surface area contributed by atoms with E-state index in [4.69, 9.17) is 4.74 Å². The molecule has 0 spiro atoms. The maximum absolute atomic E-state index is 13.1. The molecule has 2 heterocycles. The molecular weight excluding hydrogens is 410 g/mol. The second-order valence-electron chi connectivity index (χ2n) is 7.10. The van der Waals surface area contributed by atoms with Crippen LogP contribution in [0.25, 0.3) is 10.9 Å². The average molecular weight is 434 g/mol. The second-order valence-corrected chi connectivity index (χ2v) is 8.04. The minimum absolute atomic E-state index is 0.249. The average Bonchev–Trinajstić information content (AvgIpc) is 3.48. The molecule has 6 nitrogen and oxygen atoms in total. The lowest BCUT2D eigenvalue weighted by atomic mass is 10.0. The van der Waals surface area contributed by atoms with E-state index < -0.39 is 6.04 Å². The van der Waals surface area contributed by atoms with Crippen LogP contribution in [-0.4, -0.2) is 29.9 Å². The quantitative estimate of drug-likeness (QED) is 0.394. The van der Waals surface area contributed by atoms with E-state index in [0.717, 1.165) is 22.0 Å². The third kappa shape index (κ3) is 4.78. The Morgan fingerprint density at radius 1 is 1.03 bits per heavy atom. The van der Waals surface area contributed by atoms with Crippen LogP contribution < -0.4 is 15.4 Å². The molecular formula is C24H23N3O3S. The van der Waals surface area contributed by atoms with Gasteiger partial charge in [0.1, 0.15) is 11.8 Å². The van der Waals surface area contributed by atoms with Gasteiger partial charge in [0.25, 0.3) is 5.91 Å². The lowest BCUT2D eigenvalue weighted by Gasteiger charge is -2.19. The van der Waals surface area contributed by atoms with Crippen molar-refractivity contribution in [3.8, 4) is 5.75 Å². The molecule has 0 bridgehead atoms. The van der Waals surface area contributed by atoms with Crippen molar-refractivity contribution < 1.29 is 14.3 Å². The van der Waals surface area contributed by atoms with Crippen molar-refractivity contribution in [2.45, 2.75) is 19.0 Å². The highest BCUT2D eigenvalue weighted by molar-refractivity contribution is 7.12. The SMILES string of the molecule is COc1ccccc1CNC(=O)C(Cc1c[nH]c2ccccc12)NC(=O)c1cccs1. The van der Waals surface area contributed by atoms with Crippen molar-refractivity contribution in [2.24, 2.45) is 0 Å². The van der Waals surface area contributed by atoms with Gasteiger partial charge in [-0.1, -0.05) is 42.5 Å². The number of ether oxygens (including phenoxy) is 1. The molecule has 2 aromatic carbocycles. The number of carbonyl (C=O) groups is 2. The van der Waals surface area contributed by atoms with Gasteiger partial charge >= 0.3 is 0 Å². The Bertz CT molecular complexity index is 1180. The van der Waals surface area contributed by atoms with E-state index in [1.165, 1.54) is 11.3 Å². The second kappa shape index (κ2) is 9.49. The van der Waals surface area contributed by atoms with Gasteiger partial charge in [-0.05, 0) is 29.1 Å². The monoisotopic (exact) mass is 433 g/mol. The van der Waals surface area contributed by atoms with Crippen LogP contribution in [0.4, 0.5) is 0 Å². The zero-order valence-corrected chi connectivity index (χ0v) is 17.9. The van der Waals surface area contributed by atoms with Crippen LogP contribution in [0.2, 0.25) is 0 Å². The van der Waals surface area contributed by atoms with Crippen LogP contribution in [0.15, 0.2) is 72.2 Å². The van der Waals surface area contributed by atoms with Crippen molar-refractivity contribution in [1.82, 2.24) is 15.6 Å². The smallest absolute Gasteiger partial charge is 0.262 e. The summed E-state index contributed by atoms with van der Waals surface area (Å²) in [6, 6.07) is 18.3. The van der Waals surface area contributed by atoms with Crippen LogP contribution in [0.3, 0.4) is 0 Å². The van der Waals surface area contributed by atoms with Gasteiger partial charge in [0.2, 0.25) is 5.91 Å². The van der Waals surface area contributed by atoms with Gasteiger partial charge in [0.05, 0.1) is 12.0 Å². The Labute approximate surface area is 184 Å². The maximum Gasteiger partial charge on any atom is 0.262 e. The first-order chi connectivity index (χ1) is 15.2. The van der Waals surface area contributed by atoms with Gasteiger partial charge < -0.3 is 20.4 Å². The molecule has 2 aromatic heterocycles. The van der Waals surface area contributed by atoms with E-state index in [2.05, 4.69) is 15.6 Å². The molecule has 1 unspecified atom stereocenters. The van der Waals surface area contributed by atoms with E-state index in [9.17, 15) is 9.59 Å². The maximum atomic E-state index is 13.1. The predicted molar refractivity (Wildman–Crippen MR) is 122 cm³/mol. The number of para-hydroxylation sites is 2. The van der Waals surface area contributed by atoms with Gasteiger partial charge in [-0.3, -0.25) is 9.59 Å². The molecule has 0 saturated heterocycles. The number of nitrogens with one attached hydrogen (secondary N) is 3. The normalized spacial score (nSPS) is 11.8. The summed E-state index contributed by atoms with van der Waals surface area (Å²) in [5, 5.41) is 8.72. The first-order valence-electron chi connectivity index (χ1n) is 9.94. The number of carbonyl (C=O) groups excluding carboxylic acids is 2. The number of fused-ring (bicyclic) bond motifs is 1. The summed E-state index contributed by atoms with van der Waals surface area (Å²) < 4.78 is 5.36. The summed E-state index contributed by atoms with van der Waals surface area (Å²) in [6.07, 6.45) is 2.27. The van der Waals surface area contributed by atoms with Gasteiger partial charge in [0, 0.05) is 35.6 Å². The Hall–Kier alpha value is -3.58. The molecule has 0 fully saturated rings. The highest BCUT2D eigenvalue weighted by Gasteiger charge is 2.23. The van der Waals surface area contributed by atoms with E-state index in [1.807, 2.05) is 66.2 Å². The number of thiophene rings is 1. The highest BCUT2D eigenvalue weighted by Crippen LogP contribution is 2.20. The summed E-state index contributed by atoms with van der Waals surface area (Å²) in [5.74, 6) is 0.201. The molecule has 31 heavy (non-hydrogen) atoms. The van der Waals surface area contributed by atoms with Crippen molar-refractivity contribution >= 4 is 34.1 Å². The molecule has 7 heteroatoms. The van der Waals surface area contributed by atoms with E-state index in [1.54, 1.807) is 13.2 Å². The lowest BCUT2D eigenvalue weighted by Crippen LogP contribution is -2.47. The van der Waals surface area contributed by atoms with Crippen LogP contribution in [0.1, 0.15) is 20.8 Å². The fourth-order valence-corrected chi connectivity index (χ4v) is 4.15. The molecule has 4 rings (SSSR count). The topological polar surface area (TPSA) is 83.2 Å². The standard InChI is InChI=1S/C24H23N3O3S/c1-30-21-10-5-2-7-16(21)14-26-23(28)20(27-24(29)22-11-6-12-31-22)13-17-15-25-19-9-4-3-8-18(17)19/h2-12,15,20,25H,13-14H2,1H3,(H,26,28)(H,27,29). The number of amides is 2. The van der Waals surface area contributed by atoms with Gasteiger partial charge in [-0.25, -0.2) is 0 Å². The van der Waals surface area contributed by atoms with Crippen molar-refractivity contribution in [2.75, 3.05) is 7.11 Å². The third-order valence-corrected chi connectivity index (χ3v) is 5.98. The van der Waals surface area contributed by atoms with Crippen LogP contribution in [0.5, 0.6) is 5.75 Å². The van der Waals surface area contributed by atoms with Crippen molar-refractivity contribution in [3.63, 3.8) is 0 Å². The summed E-state index contributed by atoms with van der Waals surface area (Å²) in [4.78, 5) is 29.6. The number of aromatic nitrogens is 1. The number of H-pyrrole nitrogens is 1. The molecule has 1 atom stereocenters. The first kappa shape index (κ1) is 20.7. The van der Waals surface area contributed by atoms with Crippen molar-refractivity contribution in [3.05, 3.63) is 88.2 Å². The number of aromatic amines is 1. The third-order valence-electron chi connectivity index (χ3n) is 5.11. The highest BCUT2D eigenvalue weighted by atomic mass is 32.1. The minimum atomic E-state index is -0.719. The van der Waals surface area contributed by atoms with E-state index in [0.29, 0.717) is 23.6 Å². The molecule has 3 N–H and O–H groups in total. The van der Waals surface area contributed by atoms with E-state index >= 15 is 0 Å². The lowest BCUT2D eigenvalue weighted by molar-refractivity contribution is -0.123. The molecule has 0 radical (unpaired) electrons. The summed E-state index contributed by atoms with van der Waals surface area (Å²) in [7, 11) is 1.60. The number of benzene rings is 2. The Morgan fingerprint density at radius 2 is 1.84 bits per heavy atom. The zero-order valence-electron chi connectivity index (χ0n) is 17.1. The number of hydrogen-bond acceptors (Lipinski definition) is 4. The molecule has 0 aliphatic carbocycles. The van der Waals surface area contributed by atoms with Crippen LogP contribution in [-0.2, 0) is 17.8 Å². The number of hydrogen-bond donors (Lipinski definition) is 3. The van der Waals surface area contributed by atoms with Gasteiger partial charge in [-0.15, -0.1) is 11.3 Å². The fraction of sp³-hybridized carbons (Fsp3) is 0.167. The Balaban J connectivity index is 1.53. The van der Waals surface area contributed by atoms with Gasteiger partial charge in [-0.2, -0.15) is 0 Å². The number of methoxy groups -OCH3 is 1. The van der Waals surface area contributed by atoms with E-state index in [-0.39, 0.29) is 11.8 Å². The number of rotatable bonds is 8. The first-order valence-corrected chi connectivity index (χ1v) is 10.8. The Kier molecular flexibility index (Phi) is 6.33. The zero-order chi connectivity index (χ0) is 21.6. The molecule has 0 aliphatic rings. The molecule has 4 aromatic rings. The minimum Gasteiger partial charge on any atom is -0.496 e. The van der Waals surface area contributed by atoms with Crippen molar-refractivity contribution in [1.29, 1.82) is 0 Å². The van der Waals surface area contributed by atoms with Crippen LogP contribution >= 0.6 is 11.3 Å². The molecule has 0 saturated carbocycles. The fourth-order valence-electron chi connectivity index (χ4n) is 3.52. The summed E-state index contributed by atoms with van der Waals surface area (Å²) in [5.41, 5.74) is 2.84. The predicted octanol–water partition coefficient (Wildman–Crippen LogP) is 3.90.